The zero-order chi connectivity index (χ0) is 14.4. The molecule has 0 atom stereocenters. The maximum atomic E-state index is 13.6. The molecule has 2 nitrogen and oxygen atoms in total. The van der Waals surface area contributed by atoms with Crippen molar-refractivity contribution in [1.29, 1.82) is 0 Å². The number of fused-ring (bicyclic) bond motifs is 1. The highest BCUT2D eigenvalue weighted by Gasteiger charge is 2.13. The molecule has 1 aromatic carbocycles. The van der Waals surface area contributed by atoms with Crippen LogP contribution in [0.3, 0.4) is 0 Å². The lowest BCUT2D eigenvalue weighted by Crippen LogP contribution is -1.86. The fourth-order valence-electron chi connectivity index (χ4n) is 2.07. The number of nitrogens with zero attached hydrogens (tertiary/aromatic N) is 2. The number of benzene rings is 1. The average Bonchev–Trinajstić information content (AvgIpc) is 2.77. The van der Waals surface area contributed by atoms with Crippen LogP contribution in [-0.4, -0.2) is 9.38 Å². The third-order valence-electron chi connectivity index (χ3n) is 2.99. The van der Waals surface area contributed by atoms with Gasteiger partial charge in [0.05, 0.1) is 15.7 Å². The Balaban J connectivity index is 2.25. The molecule has 0 aliphatic carbocycles. The van der Waals surface area contributed by atoms with E-state index in [0.717, 1.165) is 15.7 Å². The highest BCUT2D eigenvalue weighted by molar-refractivity contribution is 9.10. The highest BCUT2D eigenvalue weighted by atomic mass is 79.9. The summed E-state index contributed by atoms with van der Waals surface area (Å²) >= 11 is 15.3. The second-order valence-electron chi connectivity index (χ2n) is 4.44. The van der Waals surface area contributed by atoms with E-state index in [9.17, 15) is 4.39 Å². The monoisotopic (exact) mass is 372 g/mol. The van der Waals surface area contributed by atoms with Crippen molar-refractivity contribution < 1.29 is 4.39 Å². The smallest absolute Gasteiger partial charge is 0.142 e. The van der Waals surface area contributed by atoms with Crippen LogP contribution in [0, 0.1) is 12.7 Å². The molecular weight excluding hydrogens is 366 g/mol. The van der Waals surface area contributed by atoms with Crippen molar-refractivity contribution in [2.45, 2.75) is 6.92 Å². The fourth-order valence-corrected chi connectivity index (χ4v) is 3.12. The van der Waals surface area contributed by atoms with Crippen molar-refractivity contribution in [3.8, 4) is 11.3 Å². The summed E-state index contributed by atoms with van der Waals surface area (Å²) in [6, 6.07) is 4.66. The van der Waals surface area contributed by atoms with E-state index in [4.69, 9.17) is 23.2 Å². The van der Waals surface area contributed by atoms with Crippen LogP contribution in [0.4, 0.5) is 4.39 Å². The van der Waals surface area contributed by atoms with Crippen molar-refractivity contribution in [3.63, 3.8) is 0 Å². The molecule has 0 aliphatic heterocycles. The maximum absolute atomic E-state index is 13.6. The van der Waals surface area contributed by atoms with Crippen LogP contribution in [0.15, 0.2) is 35.1 Å². The third-order valence-corrected chi connectivity index (χ3v) is 4.02. The molecule has 2 aromatic heterocycles. The highest BCUT2D eigenvalue weighted by Crippen LogP contribution is 2.32. The van der Waals surface area contributed by atoms with Gasteiger partial charge in [-0.25, -0.2) is 9.37 Å². The van der Waals surface area contributed by atoms with E-state index in [-0.39, 0.29) is 5.02 Å². The van der Waals surface area contributed by atoms with E-state index in [0.29, 0.717) is 16.3 Å². The number of hydrogen-bond donors (Lipinski definition) is 0. The van der Waals surface area contributed by atoms with Gasteiger partial charge in [0.25, 0.3) is 0 Å². The van der Waals surface area contributed by atoms with Gasteiger partial charge in [-0.05, 0) is 46.6 Å². The molecule has 3 aromatic rings. The van der Waals surface area contributed by atoms with E-state index in [1.165, 1.54) is 12.1 Å². The summed E-state index contributed by atoms with van der Waals surface area (Å²) < 4.78 is 16.4. The lowest BCUT2D eigenvalue weighted by molar-refractivity contribution is 0.629. The Morgan fingerprint density at radius 1 is 1.15 bits per heavy atom. The molecule has 0 amide bonds. The zero-order valence-electron chi connectivity index (χ0n) is 10.3. The minimum absolute atomic E-state index is 0.00133. The summed E-state index contributed by atoms with van der Waals surface area (Å²) in [5.41, 5.74) is 2.94. The summed E-state index contributed by atoms with van der Waals surface area (Å²) in [4.78, 5) is 4.50. The van der Waals surface area contributed by atoms with Crippen molar-refractivity contribution >= 4 is 44.8 Å². The minimum atomic E-state index is -0.513. The number of halogens is 4. The lowest BCUT2D eigenvalue weighted by atomic mass is 10.1. The second kappa shape index (κ2) is 5.02. The molecule has 3 rings (SSSR count). The molecule has 0 bridgehead atoms. The van der Waals surface area contributed by atoms with Gasteiger partial charge in [-0.3, -0.25) is 0 Å². The molecule has 0 saturated heterocycles. The predicted molar refractivity (Wildman–Crippen MR) is 83.0 cm³/mol. The number of aromatic nitrogens is 2. The van der Waals surface area contributed by atoms with Gasteiger partial charge < -0.3 is 4.40 Å². The summed E-state index contributed by atoms with van der Waals surface area (Å²) in [6.45, 7) is 1.96. The Bertz CT molecular complexity index is 830. The molecule has 102 valence electrons. The van der Waals surface area contributed by atoms with Gasteiger partial charge in [-0.1, -0.05) is 23.2 Å². The Labute approximate surface area is 133 Å². The van der Waals surface area contributed by atoms with E-state index < -0.39 is 5.82 Å². The molecule has 6 heteroatoms. The first-order valence-corrected chi connectivity index (χ1v) is 7.30. The van der Waals surface area contributed by atoms with Crippen LogP contribution in [-0.2, 0) is 0 Å². The lowest BCUT2D eigenvalue weighted by Gasteiger charge is -2.02. The maximum Gasteiger partial charge on any atom is 0.142 e. The Hall–Kier alpha value is -1.10. The fraction of sp³-hybridized carbons (Fsp3) is 0.0714. The van der Waals surface area contributed by atoms with Gasteiger partial charge in [-0.2, -0.15) is 0 Å². The first kappa shape index (κ1) is 13.9. The zero-order valence-corrected chi connectivity index (χ0v) is 13.4. The van der Waals surface area contributed by atoms with Gasteiger partial charge in [0.15, 0.2) is 0 Å². The molecule has 0 fully saturated rings. The van der Waals surface area contributed by atoms with E-state index in [1.54, 1.807) is 0 Å². The van der Waals surface area contributed by atoms with Crippen LogP contribution < -0.4 is 0 Å². The number of pyridine rings is 1. The molecule has 0 radical (unpaired) electrons. The van der Waals surface area contributed by atoms with Crippen molar-refractivity contribution in [2.75, 3.05) is 0 Å². The first-order valence-electron chi connectivity index (χ1n) is 5.75. The van der Waals surface area contributed by atoms with Gasteiger partial charge in [0, 0.05) is 22.4 Å². The van der Waals surface area contributed by atoms with Crippen molar-refractivity contribution in [2.24, 2.45) is 0 Å². The third kappa shape index (κ3) is 2.32. The van der Waals surface area contributed by atoms with E-state index >= 15 is 0 Å². The number of rotatable bonds is 1. The molecule has 0 spiro atoms. The summed E-state index contributed by atoms with van der Waals surface area (Å²) in [5.74, 6) is -0.513. The van der Waals surface area contributed by atoms with Gasteiger partial charge in [0.2, 0.25) is 0 Å². The molecule has 0 unspecified atom stereocenters. The number of imidazole rings is 1. The van der Waals surface area contributed by atoms with Gasteiger partial charge in [-0.15, -0.1) is 0 Å². The minimum Gasteiger partial charge on any atom is -0.305 e. The number of aryl methyl sites for hydroxylation is 1. The SMILES string of the molecule is Cc1cc(Br)cn2cc(-c3cc(F)c(Cl)cc3Cl)nc12. The van der Waals surface area contributed by atoms with Crippen molar-refractivity contribution in [1.82, 2.24) is 9.38 Å². The molecule has 2 heterocycles. The van der Waals surface area contributed by atoms with Crippen molar-refractivity contribution in [3.05, 3.63) is 56.5 Å². The molecular formula is C14H8BrCl2FN2. The van der Waals surface area contributed by atoms with Crippen LogP contribution in [0.5, 0.6) is 0 Å². The normalized spacial score (nSPS) is 11.2. The second-order valence-corrected chi connectivity index (χ2v) is 6.17. The van der Waals surface area contributed by atoms with Crippen LogP contribution >= 0.6 is 39.1 Å². The molecule has 20 heavy (non-hydrogen) atoms. The standard InChI is InChI=1S/C14H8BrCl2FN2/c1-7-2-8(15)5-20-6-13(19-14(7)20)9-3-12(18)11(17)4-10(9)16/h2-6H,1H3. The summed E-state index contributed by atoms with van der Waals surface area (Å²) in [6.07, 6.45) is 3.70. The summed E-state index contributed by atoms with van der Waals surface area (Å²) in [7, 11) is 0. The Morgan fingerprint density at radius 2 is 1.90 bits per heavy atom. The van der Waals surface area contributed by atoms with Gasteiger partial charge in [0.1, 0.15) is 11.5 Å². The van der Waals surface area contributed by atoms with Crippen LogP contribution in [0.2, 0.25) is 10.0 Å². The first-order chi connectivity index (χ1) is 9.45. The quantitative estimate of drug-likeness (QED) is 0.513. The summed E-state index contributed by atoms with van der Waals surface area (Å²) in [5, 5.41) is 0.373. The molecule has 0 N–H and O–H groups in total. The van der Waals surface area contributed by atoms with Gasteiger partial charge >= 0.3 is 0 Å². The predicted octanol–water partition coefficient (Wildman–Crippen LogP) is 5.52. The molecule has 0 saturated carbocycles. The molecule has 0 aliphatic rings. The van der Waals surface area contributed by atoms with Crippen LogP contribution in [0.25, 0.3) is 16.9 Å². The van der Waals surface area contributed by atoms with E-state index in [1.807, 2.05) is 29.8 Å². The topological polar surface area (TPSA) is 17.3 Å². The van der Waals surface area contributed by atoms with Crippen LogP contribution in [0.1, 0.15) is 5.56 Å². The largest absolute Gasteiger partial charge is 0.305 e. The number of hydrogen-bond acceptors (Lipinski definition) is 1. The average molecular weight is 374 g/mol. The Morgan fingerprint density at radius 3 is 2.65 bits per heavy atom. The van der Waals surface area contributed by atoms with E-state index in [2.05, 4.69) is 20.9 Å². The Kier molecular flexibility index (Phi) is 3.48.